The van der Waals surface area contributed by atoms with E-state index < -0.39 is 0 Å². The maximum atomic E-state index is 13.3. The van der Waals surface area contributed by atoms with Gasteiger partial charge in [-0.25, -0.2) is 4.39 Å². The molecule has 0 spiro atoms. The van der Waals surface area contributed by atoms with Crippen LogP contribution in [0.1, 0.15) is 29.3 Å². The molecule has 0 saturated heterocycles. The zero-order valence-electron chi connectivity index (χ0n) is 12.3. The molecule has 21 heavy (non-hydrogen) atoms. The Hall–Kier alpha value is -2.36. The summed E-state index contributed by atoms with van der Waals surface area (Å²) in [6.45, 7) is 4.23. The van der Waals surface area contributed by atoms with Crippen LogP contribution in [0.4, 0.5) is 15.8 Å². The molecule has 110 valence electrons. The van der Waals surface area contributed by atoms with E-state index in [1.165, 1.54) is 12.1 Å². The molecule has 0 atom stereocenters. The minimum Gasteiger partial charge on any atom is -0.399 e. The van der Waals surface area contributed by atoms with Crippen LogP contribution in [-0.2, 0) is 0 Å². The predicted molar refractivity (Wildman–Crippen MR) is 84.0 cm³/mol. The van der Waals surface area contributed by atoms with E-state index in [1.807, 2.05) is 19.1 Å². The predicted octanol–water partition coefficient (Wildman–Crippen LogP) is 3.77. The number of rotatable bonds is 4. The van der Waals surface area contributed by atoms with Crippen LogP contribution >= 0.6 is 0 Å². The Kier molecular flexibility index (Phi) is 4.58. The molecule has 0 saturated carbocycles. The number of halogens is 1. The molecule has 3 nitrogen and oxygen atoms in total. The second-order valence-corrected chi connectivity index (χ2v) is 5.02. The molecular formula is C17H19FN2O. The number of hydrogen-bond donors (Lipinski definition) is 1. The monoisotopic (exact) mass is 286 g/mol. The standard InChI is InChI=1S/C17H19FN2O/c1-3-9-20(15-6-4-5-14(19)11-15)17(21)13-7-8-16(18)12(2)10-13/h4-8,10-11H,3,9,19H2,1-2H3. The van der Waals surface area contributed by atoms with Crippen molar-refractivity contribution in [3.63, 3.8) is 0 Å². The molecule has 0 aliphatic carbocycles. The van der Waals surface area contributed by atoms with Gasteiger partial charge in [-0.15, -0.1) is 0 Å². The van der Waals surface area contributed by atoms with Gasteiger partial charge >= 0.3 is 0 Å². The van der Waals surface area contributed by atoms with E-state index in [-0.39, 0.29) is 11.7 Å². The minimum absolute atomic E-state index is 0.148. The Morgan fingerprint density at radius 2 is 2.00 bits per heavy atom. The number of aryl methyl sites for hydroxylation is 1. The first-order chi connectivity index (χ1) is 10.0. The van der Waals surface area contributed by atoms with Gasteiger partial charge in [0.25, 0.3) is 5.91 Å². The van der Waals surface area contributed by atoms with Gasteiger partial charge in [0.2, 0.25) is 0 Å². The Morgan fingerprint density at radius 3 is 2.62 bits per heavy atom. The van der Waals surface area contributed by atoms with Crippen molar-refractivity contribution in [3.05, 3.63) is 59.4 Å². The summed E-state index contributed by atoms with van der Waals surface area (Å²) >= 11 is 0. The van der Waals surface area contributed by atoms with Crippen molar-refractivity contribution in [1.29, 1.82) is 0 Å². The van der Waals surface area contributed by atoms with Crippen LogP contribution in [0.15, 0.2) is 42.5 Å². The highest BCUT2D eigenvalue weighted by Crippen LogP contribution is 2.21. The molecule has 0 radical (unpaired) electrons. The van der Waals surface area contributed by atoms with Gasteiger partial charge in [-0.2, -0.15) is 0 Å². The smallest absolute Gasteiger partial charge is 0.258 e. The summed E-state index contributed by atoms with van der Waals surface area (Å²) in [6.07, 6.45) is 0.820. The molecule has 0 aromatic heterocycles. The molecule has 0 unspecified atom stereocenters. The van der Waals surface area contributed by atoms with Crippen LogP contribution in [0, 0.1) is 12.7 Å². The van der Waals surface area contributed by atoms with E-state index in [9.17, 15) is 9.18 Å². The molecule has 2 rings (SSSR count). The second kappa shape index (κ2) is 6.39. The summed E-state index contributed by atoms with van der Waals surface area (Å²) in [5.41, 5.74) is 8.09. The fourth-order valence-electron chi connectivity index (χ4n) is 2.20. The fraction of sp³-hybridized carbons (Fsp3) is 0.235. The highest BCUT2D eigenvalue weighted by Gasteiger charge is 2.17. The zero-order chi connectivity index (χ0) is 15.4. The summed E-state index contributed by atoms with van der Waals surface area (Å²) in [5, 5.41) is 0. The molecule has 0 bridgehead atoms. The number of amides is 1. The lowest BCUT2D eigenvalue weighted by Crippen LogP contribution is -2.31. The lowest BCUT2D eigenvalue weighted by Gasteiger charge is -2.23. The van der Waals surface area contributed by atoms with Crippen LogP contribution in [0.2, 0.25) is 0 Å². The third-order valence-corrected chi connectivity index (χ3v) is 3.28. The quantitative estimate of drug-likeness (QED) is 0.870. The molecule has 0 aliphatic rings. The molecule has 4 heteroatoms. The highest BCUT2D eigenvalue weighted by molar-refractivity contribution is 6.06. The van der Waals surface area contributed by atoms with Gasteiger partial charge in [-0.3, -0.25) is 4.79 Å². The van der Waals surface area contributed by atoms with Gasteiger partial charge in [-0.1, -0.05) is 13.0 Å². The van der Waals surface area contributed by atoms with Gasteiger partial charge in [0.1, 0.15) is 5.82 Å². The van der Waals surface area contributed by atoms with E-state index in [0.717, 1.165) is 12.1 Å². The number of carbonyl (C=O) groups is 1. The molecule has 2 N–H and O–H groups in total. The first-order valence-electron chi connectivity index (χ1n) is 6.96. The maximum Gasteiger partial charge on any atom is 0.258 e. The molecule has 1 amide bonds. The van der Waals surface area contributed by atoms with Crippen molar-refractivity contribution in [3.8, 4) is 0 Å². The summed E-state index contributed by atoms with van der Waals surface area (Å²) in [7, 11) is 0. The van der Waals surface area contributed by atoms with Crippen LogP contribution in [-0.4, -0.2) is 12.5 Å². The molecule has 2 aromatic carbocycles. The third-order valence-electron chi connectivity index (χ3n) is 3.28. The molecule has 2 aromatic rings. The van der Waals surface area contributed by atoms with Gasteiger partial charge in [-0.05, 0) is 55.3 Å². The molecule has 0 aliphatic heterocycles. The number of hydrogen-bond acceptors (Lipinski definition) is 2. The summed E-state index contributed by atoms with van der Waals surface area (Å²) < 4.78 is 13.3. The van der Waals surface area contributed by atoms with Gasteiger partial charge in [0.05, 0.1) is 0 Å². The van der Waals surface area contributed by atoms with Crippen LogP contribution in [0.25, 0.3) is 0 Å². The topological polar surface area (TPSA) is 46.3 Å². The fourth-order valence-corrected chi connectivity index (χ4v) is 2.20. The number of nitrogen functional groups attached to an aromatic ring is 1. The summed E-state index contributed by atoms with van der Waals surface area (Å²) in [5.74, 6) is -0.455. The van der Waals surface area contributed by atoms with Gasteiger partial charge in [0.15, 0.2) is 0 Å². The normalized spacial score (nSPS) is 10.4. The number of benzene rings is 2. The van der Waals surface area contributed by atoms with E-state index >= 15 is 0 Å². The van der Waals surface area contributed by atoms with E-state index in [4.69, 9.17) is 5.73 Å². The SMILES string of the molecule is CCCN(C(=O)c1ccc(F)c(C)c1)c1cccc(N)c1. The molecular weight excluding hydrogens is 267 g/mol. The highest BCUT2D eigenvalue weighted by atomic mass is 19.1. The zero-order valence-corrected chi connectivity index (χ0v) is 12.3. The van der Waals surface area contributed by atoms with Gasteiger partial charge in [0, 0.05) is 23.5 Å². The number of anilines is 2. The van der Waals surface area contributed by atoms with Gasteiger partial charge < -0.3 is 10.6 Å². The summed E-state index contributed by atoms with van der Waals surface area (Å²) in [6, 6.07) is 11.6. The Labute approximate surface area is 124 Å². The average molecular weight is 286 g/mol. The number of carbonyl (C=O) groups excluding carboxylic acids is 1. The maximum absolute atomic E-state index is 13.3. The molecule has 0 heterocycles. The Morgan fingerprint density at radius 1 is 1.24 bits per heavy atom. The first kappa shape index (κ1) is 15.0. The molecule has 0 fully saturated rings. The second-order valence-electron chi connectivity index (χ2n) is 5.02. The summed E-state index contributed by atoms with van der Waals surface area (Å²) in [4.78, 5) is 14.3. The number of nitrogens with zero attached hydrogens (tertiary/aromatic N) is 1. The number of nitrogens with two attached hydrogens (primary N) is 1. The van der Waals surface area contributed by atoms with Crippen molar-refractivity contribution in [2.45, 2.75) is 20.3 Å². The third kappa shape index (κ3) is 3.40. The van der Waals surface area contributed by atoms with Crippen LogP contribution in [0.3, 0.4) is 0 Å². The minimum atomic E-state index is -0.308. The van der Waals surface area contributed by atoms with E-state index in [0.29, 0.717) is 23.4 Å². The lowest BCUT2D eigenvalue weighted by atomic mass is 10.1. The van der Waals surface area contributed by atoms with E-state index in [1.54, 1.807) is 30.0 Å². The van der Waals surface area contributed by atoms with Crippen molar-refractivity contribution in [2.24, 2.45) is 0 Å². The van der Waals surface area contributed by atoms with Crippen LogP contribution in [0.5, 0.6) is 0 Å². The van der Waals surface area contributed by atoms with E-state index in [2.05, 4.69) is 0 Å². The largest absolute Gasteiger partial charge is 0.399 e. The van der Waals surface area contributed by atoms with Crippen LogP contribution < -0.4 is 10.6 Å². The van der Waals surface area contributed by atoms with Crippen molar-refractivity contribution < 1.29 is 9.18 Å². The lowest BCUT2D eigenvalue weighted by molar-refractivity contribution is 0.0987. The Bertz CT molecular complexity index is 655. The Balaban J connectivity index is 2.37. The first-order valence-corrected chi connectivity index (χ1v) is 6.96. The van der Waals surface area contributed by atoms with Crippen molar-refractivity contribution in [1.82, 2.24) is 0 Å². The van der Waals surface area contributed by atoms with Crippen molar-refractivity contribution in [2.75, 3.05) is 17.2 Å². The average Bonchev–Trinajstić information content (AvgIpc) is 2.47. The van der Waals surface area contributed by atoms with Crippen molar-refractivity contribution >= 4 is 17.3 Å².